The second-order valence-electron chi connectivity index (χ2n) is 4.95. The average Bonchev–Trinajstić information content (AvgIpc) is 2.48. The molecule has 2 aliphatic rings. The van der Waals surface area contributed by atoms with Crippen molar-refractivity contribution in [3.63, 3.8) is 0 Å². The Balaban J connectivity index is 1.54. The van der Waals surface area contributed by atoms with Crippen molar-refractivity contribution in [3.8, 4) is 5.75 Å². The summed E-state index contributed by atoms with van der Waals surface area (Å²) in [7, 11) is 0. The number of hydrogen-bond acceptors (Lipinski definition) is 5. The Kier molecular flexibility index (Phi) is 4.03. The maximum atomic E-state index is 5.77. The molecule has 0 bridgehead atoms. The van der Waals surface area contributed by atoms with Crippen molar-refractivity contribution in [3.05, 3.63) is 18.2 Å². The Morgan fingerprint density at radius 2 is 2.15 bits per heavy atom. The van der Waals surface area contributed by atoms with Crippen molar-refractivity contribution in [1.82, 2.24) is 4.90 Å². The summed E-state index contributed by atoms with van der Waals surface area (Å²) in [5.41, 5.74) is 7.38. The number of morpholine rings is 1. The van der Waals surface area contributed by atoms with Crippen LogP contribution in [0.2, 0.25) is 0 Å². The van der Waals surface area contributed by atoms with Crippen molar-refractivity contribution in [2.75, 3.05) is 57.1 Å². The van der Waals surface area contributed by atoms with E-state index >= 15 is 0 Å². The van der Waals surface area contributed by atoms with Crippen LogP contribution in [0.5, 0.6) is 5.75 Å². The number of fused-ring (bicyclic) bond motifs is 1. The van der Waals surface area contributed by atoms with E-state index in [1.54, 1.807) is 0 Å². The first-order valence-corrected chi connectivity index (χ1v) is 6.94. The Morgan fingerprint density at radius 1 is 1.30 bits per heavy atom. The number of benzene rings is 1. The summed E-state index contributed by atoms with van der Waals surface area (Å²) in [6, 6.07) is 5.58. The molecule has 3 N–H and O–H groups in total. The molecule has 1 saturated heterocycles. The molecule has 6 heteroatoms. The van der Waals surface area contributed by atoms with Crippen molar-refractivity contribution < 1.29 is 9.47 Å². The molecule has 2 heterocycles. The van der Waals surface area contributed by atoms with E-state index in [1.165, 1.54) is 0 Å². The first-order valence-electron chi connectivity index (χ1n) is 6.94. The molecule has 0 saturated carbocycles. The Morgan fingerprint density at radius 3 is 3.00 bits per heavy atom. The fourth-order valence-electron chi connectivity index (χ4n) is 2.35. The third kappa shape index (κ3) is 3.20. The van der Waals surface area contributed by atoms with Crippen LogP contribution in [0.3, 0.4) is 0 Å². The van der Waals surface area contributed by atoms with Gasteiger partial charge in [-0.1, -0.05) is 0 Å². The van der Waals surface area contributed by atoms with Gasteiger partial charge in [0.1, 0.15) is 18.2 Å². The Labute approximate surface area is 118 Å². The summed E-state index contributed by atoms with van der Waals surface area (Å²) >= 11 is 0. The molecule has 3 rings (SSSR count). The van der Waals surface area contributed by atoms with Gasteiger partial charge in [-0.25, -0.2) is 0 Å². The topological polar surface area (TPSA) is 72.1 Å². The highest BCUT2D eigenvalue weighted by molar-refractivity contribution is 6.00. The summed E-state index contributed by atoms with van der Waals surface area (Å²) in [5.74, 6) is 1.68. The molecular weight excluding hydrogens is 256 g/mol. The molecule has 108 valence electrons. The predicted octanol–water partition coefficient (Wildman–Crippen LogP) is 0.804. The monoisotopic (exact) mass is 276 g/mol. The van der Waals surface area contributed by atoms with Crippen molar-refractivity contribution in [2.45, 2.75) is 0 Å². The van der Waals surface area contributed by atoms with Gasteiger partial charge in [-0.3, -0.25) is 9.89 Å². The van der Waals surface area contributed by atoms with Gasteiger partial charge in [-0.2, -0.15) is 0 Å². The number of rotatable bonds is 3. The van der Waals surface area contributed by atoms with E-state index in [9.17, 15) is 0 Å². The summed E-state index contributed by atoms with van der Waals surface area (Å²) in [4.78, 5) is 6.93. The summed E-state index contributed by atoms with van der Waals surface area (Å²) in [6.45, 7) is 5.85. The summed E-state index contributed by atoms with van der Waals surface area (Å²) in [6.07, 6.45) is 0. The lowest BCUT2D eigenvalue weighted by molar-refractivity contribution is 0.0394. The fraction of sp³-hybridized carbons (Fsp3) is 0.500. The van der Waals surface area contributed by atoms with Crippen LogP contribution in [0, 0.1) is 0 Å². The number of amidine groups is 1. The van der Waals surface area contributed by atoms with Crippen LogP contribution in [0.25, 0.3) is 0 Å². The van der Waals surface area contributed by atoms with Gasteiger partial charge in [-0.15, -0.1) is 0 Å². The lowest BCUT2D eigenvalue weighted by Crippen LogP contribution is -2.38. The van der Waals surface area contributed by atoms with Crippen LogP contribution < -0.4 is 15.8 Å². The van der Waals surface area contributed by atoms with E-state index in [0.29, 0.717) is 6.61 Å². The van der Waals surface area contributed by atoms with Crippen LogP contribution in [0.15, 0.2) is 23.2 Å². The van der Waals surface area contributed by atoms with Gasteiger partial charge in [0.25, 0.3) is 0 Å². The Hall–Kier alpha value is -1.79. The molecule has 0 aliphatic carbocycles. The quantitative estimate of drug-likeness (QED) is 0.799. The number of nitrogens with one attached hydrogen (secondary N) is 1. The molecule has 20 heavy (non-hydrogen) atoms. The number of nitrogen functional groups attached to an aromatic ring is 1. The van der Waals surface area contributed by atoms with E-state index in [4.69, 9.17) is 15.2 Å². The maximum Gasteiger partial charge on any atom is 0.146 e. The second-order valence-corrected chi connectivity index (χ2v) is 4.95. The molecule has 2 aliphatic heterocycles. The molecule has 0 amide bonds. The normalized spacial score (nSPS) is 21.1. The highest BCUT2D eigenvalue weighted by Crippen LogP contribution is 2.29. The highest BCUT2D eigenvalue weighted by atomic mass is 16.5. The molecule has 0 radical (unpaired) electrons. The van der Waals surface area contributed by atoms with Gasteiger partial charge in [0.05, 0.1) is 25.4 Å². The third-order valence-electron chi connectivity index (χ3n) is 3.47. The molecular formula is C14H20N4O2. The van der Waals surface area contributed by atoms with E-state index < -0.39 is 0 Å². The lowest BCUT2D eigenvalue weighted by atomic mass is 10.2. The molecule has 0 aromatic heterocycles. The standard InChI is InChI=1S/C14H20N4O2/c15-11-1-2-13-12(9-11)17-14(10-20-13)16-3-4-18-5-7-19-8-6-18/h1-2,9H,3-8,10,15H2,(H,16,17). The second kappa shape index (κ2) is 6.11. The van der Waals surface area contributed by atoms with E-state index in [-0.39, 0.29) is 0 Å². The van der Waals surface area contributed by atoms with E-state index in [0.717, 1.165) is 62.4 Å². The molecule has 0 atom stereocenters. The van der Waals surface area contributed by atoms with Gasteiger partial charge in [0, 0.05) is 25.3 Å². The lowest BCUT2D eigenvalue weighted by Gasteiger charge is -2.26. The van der Waals surface area contributed by atoms with Gasteiger partial charge in [-0.05, 0) is 18.2 Å². The number of nitrogens with zero attached hydrogens (tertiary/aromatic N) is 2. The number of nitrogens with two attached hydrogens (primary N) is 1. The minimum atomic E-state index is 0.486. The molecule has 0 spiro atoms. The van der Waals surface area contributed by atoms with Crippen molar-refractivity contribution in [2.24, 2.45) is 4.99 Å². The number of anilines is 2. The van der Waals surface area contributed by atoms with Crippen molar-refractivity contribution >= 4 is 17.2 Å². The molecule has 1 aromatic rings. The largest absolute Gasteiger partial charge is 0.484 e. The van der Waals surface area contributed by atoms with Gasteiger partial charge < -0.3 is 20.5 Å². The molecule has 1 fully saturated rings. The predicted molar refractivity (Wildman–Crippen MR) is 79.5 cm³/mol. The third-order valence-corrected chi connectivity index (χ3v) is 3.47. The van der Waals surface area contributed by atoms with Crippen molar-refractivity contribution in [1.29, 1.82) is 0 Å². The zero-order valence-electron chi connectivity index (χ0n) is 11.5. The zero-order chi connectivity index (χ0) is 13.8. The highest BCUT2D eigenvalue weighted by Gasteiger charge is 2.15. The van der Waals surface area contributed by atoms with Crippen LogP contribution in [-0.2, 0) is 4.74 Å². The number of aliphatic imine (C=N–C) groups is 1. The van der Waals surface area contributed by atoms with Crippen LogP contribution in [0.1, 0.15) is 0 Å². The maximum absolute atomic E-state index is 5.77. The smallest absolute Gasteiger partial charge is 0.146 e. The Bertz CT molecular complexity index is 498. The number of ether oxygens (including phenoxy) is 2. The van der Waals surface area contributed by atoms with Crippen LogP contribution >= 0.6 is 0 Å². The van der Waals surface area contributed by atoms with Crippen LogP contribution in [-0.4, -0.2) is 56.7 Å². The summed E-state index contributed by atoms with van der Waals surface area (Å²) < 4.78 is 11.0. The van der Waals surface area contributed by atoms with Gasteiger partial charge >= 0.3 is 0 Å². The fourth-order valence-corrected chi connectivity index (χ4v) is 2.35. The molecule has 1 aromatic carbocycles. The van der Waals surface area contributed by atoms with E-state index in [2.05, 4.69) is 15.2 Å². The minimum absolute atomic E-state index is 0.486. The first-order chi connectivity index (χ1) is 9.81. The van der Waals surface area contributed by atoms with Gasteiger partial charge in [0.2, 0.25) is 0 Å². The molecule has 0 unspecified atom stereocenters. The minimum Gasteiger partial charge on any atom is -0.484 e. The first kappa shape index (κ1) is 13.2. The SMILES string of the molecule is Nc1ccc2c(c1)NC(=NCCN1CCOCC1)CO2. The zero-order valence-corrected chi connectivity index (χ0v) is 11.5. The van der Waals surface area contributed by atoms with E-state index in [1.807, 2.05) is 18.2 Å². The number of hydrogen-bond donors (Lipinski definition) is 2. The van der Waals surface area contributed by atoms with Gasteiger partial charge in [0.15, 0.2) is 0 Å². The molecule has 6 nitrogen and oxygen atoms in total. The average molecular weight is 276 g/mol. The van der Waals surface area contributed by atoms with Crippen LogP contribution in [0.4, 0.5) is 11.4 Å². The summed E-state index contributed by atoms with van der Waals surface area (Å²) in [5, 5.41) is 3.28.